The molecule has 1 aromatic rings. The van der Waals surface area contributed by atoms with Crippen LogP contribution in [0.1, 0.15) is 116 Å². The summed E-state index contributed by atoms with van der Waals surface area (Å²) in [6, 6.07) is 8.84. The summed E-state index contributed by atoms with van der Waals surface area (Å²) in [5.74, 6) is 5.20. The molecule has 4 rings (SSSR count). The average Bonchev–Trinajstić information content (AvgIpc) is 3.21. The van der Waals surface area contributed by atoms with Gasteiger partial charge in [0.1, 0.15) is 0 Å². The van der Waals surface area contributed by atoms with Crippen LogP contribution in [0.5, 0.6) is 0 Å². The van der Waals surface area contributed by atoms with Crippen molar-refractivity contribution in [2.75, 3.05) is 0 Å². The fraction of sp³-hybridized carbons (Fsp3) is 0.697. The molecule has 1 heterocycles. The van der Waals surface area contributed by atoms with Crippen LogP contribution in [0, 0.1) is 51.9 Å². The maximum absolute atomic E-state index is 10.6. The number of nitrogens with zero attached hydrogens (tertiary/aromatic N) is 2. The Hall–Kier alpha value is -0.596. The van der Waals surface area contributed by atoms with Gasteiger partial charge in [-0.15, -0.1) is 0 Å². The molecule has 1 aromatic carbocycles. The summed E-state index contributed by atoms with van der Waals surface area (Å²) in [7, 11) is 0. The van der Waals surface area contributed by atoms with E-state index in [-0.39, 0.29) is 44.0 Å². The van der Waals surface area contributed by atoms with E-state index in [2.05, 4.69) is 57.7 Å². The Morgan fingerprint density at radius 2 is 0.972 bits per heavy atom. The van der Waals surface area contributed by atoms with E-state index >= 15 is 0 Å². The maximum atomic E-state index is 10.6. The Bertz CT molecular complexity index is 661. The average molecular weight is 531 g/mol. The smallest absolute Gasteiger partial charge is 0.464 e. The third-order valence-corrected chi connectivity index (χ3v) is 9.53. The normalized spacial score (nSPS) is 28.9. The van der Waals surface area contributed by atoms with Gasteiger partial charge in [-0.05, 0) is 53.3 Å². The van der Waals surface area contributed by atoms with Gasteiger partial charge in [0.25, 0.3) is 0 Å². The SMILES string of the molecule is CC1C(C)C(C)C(C)C1C.[CH3-].[CH3-].[CH3-].[N-]=C1c2ccccc2CN1C1CCCCCCCCCCC1.[Ti+4]. The maximum Gasteiger partial charge on any atom is 4.00 e. The molecule has 0 aromatic heterocycles. The summed E-state index contributed by atoms with van der Waals surface area (Å²) < 4.78 is 0. The molecule has 3 heteroatoms. The Labute approximate surface area is 242 Å². The van der Waals surface area contributed by atoms with Crippen LogP contribution in [0.4, 0.5) is 0 Å². The first-order valence-electron chi connectivity index (χ1n) is 13.8. The Kier molecular flexibility index (Phi) is 19.4. The predicted molar refractivity (Wildman–Crippen MR) is 159 cm³/mol. The summed E-state index contributed by atoms with van der Waals surface area (Å²) in [5.41, 5.74) is 2.33. The predicted octanol–water partition coefficient (Wildman–Crippen LogP) is 10.0. The van der Waals surface area contributed by atoms with Gasteiger partial charge >= 0.3 is 21.7 Å². The van der Waals surface area contributed by atoms with E-state index in [1.165, 1.54) is 76.2 Å². The standard InChI is InChI=1S/C20H29N2.C10H20.3CH3.Ti/c21-20-19-15-11-10-12-17(19)16-22(20)18-13-8-6-4-2-1-3-5-7-9-14-18;1-6-7(2)9(4)10(5)8(6)3;;;;/h10-12,15,18H,1-9,13-14,16H2;6-10H,1-5H3;3*1H3;/q-1;;3*-1;+4. The molecule has 0 radical (unpaired) electrons. The van der Waals surface area contributed by atoms with Gasteiger partial charge in [0, 0.05) is 0 Å². The van der Waals surface area contributed by atoms with Gasteiger partial charge in [-0.2, -0.15) is 0 Å². The molecular weight excluding hydrogens is 472 g/mol. The van der Waals surface area contributed by atoms with Crippen LogP contribution in [0.3, 0.4) is 0 Å². The molecule has 2 saturated carbocycles. The van der Waals surface area contributed by atoms with Crippen molar-refractivity contribution >= 4 is 5.84 Å². The zero-order valence-corrected chi connectivity index (χ0v) is 26.7. The van der Waals surface area contributed by atoms with Crippen molar-refractivity contribution in [1.82, 2.24) is 4.90 Å². The molecule has 1 aliphatic heterocycles. The third-order valence-electron chi connectivity index (χ3n) is 9.53. The van der Waals surface area contributed by atoms with E-state index in [1.807, 2.05) is 6.07 Å². The molecule has 36 heavy (non-hydrogen) atoms. The molecule has 0 amide bonds. The molecule has 0 atom stereocenters. The molecule has 2 aliphatic carbocycles. The third kappa shape index (κ3) is 9.61. The zero-order valence-electron chi connectivity index (χ0n) is 25.2. The van der Waals surface area contributed by atoms with Crippen molar-refractivity contribution < 1.29 is 21.7 Å². The fourth-order valence-electron chi connectivity index (χ4n) is 6.44. The number of fused-ring (bicyclic) bond motifs is 1. The van der Waals surface area contributed by atoms with Crippen LogP contribution < -0.4 is 0 Å². The van der Waals surface area contributed by atoms with Crippen LogP contribution in [-0.4, -0.2) is 16.8 Å². The Morgan fingerprint density at radius 3 is 1.36 bits per heavy atom. The van der Waals surface area contributed by atoms with Crippen LogP contribution in [0.25, 0.3) is 5.41 Å². The second-order valence-corrected chi connectivity index (χ2v) is 11.3. The van der Waals surface area contributed by atoms with Gasteiger partial charge in [0.2, 0.25) is 0 Å². The van der Waals surface area contributed by atoms with E-state index in [1.54, 1.807) is 0 Å². The quantitative estimate of drug-likeness (QED) is 0.262. The number of rotatable bonds is 1. The van der Waals surface area contributed by atoms with Gasteiger partial charge in [0.05, 0.1) is 0 Å². The van der Waals surface area contributed by atoms with Gasteiger partial charge in [0.15, 0.2) is 0 Å². The van der Waals surface area contributed by atoms with E-state index in [0.717, 1.165) is 41.7 Å². The summed E-state index contributed by atoms with van der Waals surface area (Å²) in [4.78, 5) is 2.27. The number of benzene rings is 1. The van der Waals surface area contributed by atoms with E-state index in [9.17, 15) is 5.41 Å². The minimum atomic E-state index is 0. The minimum Gasteiger partial charge on any atom is -0.464 e. The first-order valence-corrected chi connectivity index (χ1v) is 13.8. The summed E-state index contributed by atoms with van der Waals surface area (Å²) in [6.45, 7) is 12.9. The van der Waals surface area contributed by atoms with Crippen LogP contribution in [0.15, 0.2) is 24.3 Å². The Morgan fingerprint density at radius 1 is 0.611 bits per heavy atom. The molecular formula is C33H58N2Ti. The molecule has 0 spiro atoms. The van der Waals surface area contributed by atoms with Gasteiger partial charge < -0.3 is 32.6 Å². The van der Waals surface area contributed by atoms with Crippen molar-refractivity contribution in [3.8, 4) is 0 Å². The van der Waals surface area contributed by atoms with Crippen molar-refractivity contribution in [1.29, 1.82) is 0 Å². The molecule has 204 valence electrons. The van der Waals surface area contributed by atoms with Gasteiger partial charge in [-0.1, -0.05) is 135 Å². The molecule has 2 nitrogen and oxygen atoms in total. The number of hydrogen-bond donors (Lipinski definition) is 0. The summed E-state index contributed by atoms with van der Waals surface area (Å²) >= 11 is 0. The summed E-state index contributed by atoms with van der Waals surface area (Å²) in [5, 5.41) is 10.6. The number of amidine groups is 1. The molecule has 0 bridgehead atoms. The van der Waals surface area contributed by atoms with Crippen LogP contribution in [0.2, 0.25) is 0 Å². The Balaban J connectivity index is 0. The van der Waals surface area contributed by atoms with Crippen molar-refractivity contribution in [3.05, 3.63) is 63.1 Å². The summed E-state index contributed by atoms with van der Waals surface area (Å²) in [6.07, 6.45) is 14.8. The molecule has 0 unspecified atom stereocenters. The molecule has 3 aliphatic rings. The van der Waals surface area contributed by atoms with E-state index < -0.39 is 0 Å². The fourth-order valence-corrected chi connectivity index (χ4v) is 6.44. The second-order valence-electron chi connectivity index (χ2n) is 11.3. The second kappa shape index (κ2) is 18.6. The molecule has 2 fully saturated rings. The van der Waals surface area contributed by atoms with Crippen molar-refractivity contribution in [3.63, 3.8) is 0 Å². The van der Waals surface area contributed by atoms with Gasteiger partial charge in [-0.3, -0.25) is 0 Å². The van der Waals surface area contributed by atoms with Crippen LogP contribution >= 0.6 is 0 Å². The van der Waals surface area contributed by atoms with Crippen molar-refractivity contribution in [2.45, 2.75) is 118 Å². The molecule has 0 N–H and O–H groups in total. The first kappa shape index (κ1) is 37.6. The zero-order chi connectivity index (χ0) is 23.1. The first-order chi connectivity index (χ1) is 15.4. The van der Waals surface area contributed by atoms with Crippen molar-refractivity contribution in [2.24, 2.45) is 29.6 Å². The van der Waals surface area contributed by atoms with E-state index in [0.29, 0.717) is 11.9 Å². The monoisotopic (exact) mass is 530 g/mol. The topological polar surface area (TPSA) is 25.5 Å². The largest absolute Gasteiger partial charge is 4.00 e. The van der Waals surface area contributed by atoms with E-state index in [4.69, 9.17) is 0 Å². The van der Waals surface area contributed by atoms with Crippen LogP contribution in [-0.2, 0) is 28.3 Å². The minimum absolute atomic E-state index is 0. The molecule has 0 saturated heterocycles. The van der Waals surface area contributed by atoms with Gasteiger partial charge in [-0.25, -0.2) is 0 Å². The number of hydrogen-bond acceptors (Lipinski definition) is 0.